The lowest BCUT2D eigenvalue weighted by Gasteiger charge is -2.07. The minimum atomic E-state index is -0.258. The molecule has 0 saturated carbocycles. The molecule has 4 rings (SSSR count). The summed E-state index contributed by atoms with van der Waals surface area (Å²) < 4.78 is 16.3. The molecule has 0 spiro atoms. The Morgan fingerprint density at radius 1 is 1.00 bits per heavy atom. The molecule has 0 unspecified atom stereocenters. The molecule has 3 aromatic carbocycles. The predicted octanol–water partition coefficient (Wildman–Crippen LogP) is 3.56. The summed E-state index contributed by atoms with van der Waals surface area (Å²) >= 11 is 0. The first kappa shape index (κ1) is 19.3. The molecule has 1 amide bonds. The van der Waals surface area contributed by atoms with E-state index >= 15 is 0 Å². The largest absolute Gasteiger partial charge is 0.489 e. The average Bonchev–Trinajstić information content (AvgIpc) is 3.26. The van der Waals surface area contributed by atoms with Gasteiger partial charge in [0.2, 0.25) is 6.79 Å². The van der Waals surface area contributed by atoms with E-state index in [2.05, 4.69) is 15.8 Å². The topological polar surface area (TPSA) is 81.2 Å². The number of carbonyl (C=O) groups is 1. The summed E-state index contributed by atoms with van der Waals surface area (Å²) in [4.78, 5) is 12.0. The zero-order chi connectivity index (χ0) is 20.6. The smallest absolute Gasteiger partial charge is 0.259 e. The summed E-state index contributed by atoms with van der Waals surface area (Å²) in [6.07, 6.45) is 1.58. The van der Waals surface area contributed by atoms with Crippen molar-refractivity contribution in [3.05, 3.63) is 83.9 Å². The van der Waals surface area contributed by atoms with Crippen LogP contribution in [0, 0.1) is 0 Å². The maximum absolute atomic E-state index is 12.0. The van der Waals surface area contributed by atoms with Gasteiger partial charge in [-0.2, -0.15) is 5.10 Å². The summed E-state index contributed by atoms with van der Waals surface area (Å²) in [6, 6.07) is 22.9. The first-order chi connectivity index (χ1) is 14.8. The van der Waals surface area contributed by atoms with E-state index in [4.69, 9.17) is 14.2 Å². The van der Waals surface area contributed by atoms with Gasteiger partial charge in [0.15, 0.2) is 11.5 Å². The molecule has 1 aliphatic rings. The number of anilines is 1. The van der Waals surface area contributed by atoms with Gasteiger partial charge in [0.1, 0.15) is 12.4 Å². The van der Waals surface area contributed by atoms with Crippen molar-refractivity contribution in [1.82, 2.24) is 5.43 Å². The van der Waals surface area contributed by atoms with Crippen LogP contribution in [-0.4, -0.2) is 25.5 Å². The number of fused-ring (bicyclic) bond motifs is 1. The van der Waals surface area contributed by atoms with Gasteiger partial charge < -0.3 is 19.5 Å². The van der Waals surface area contributed by atoms with Gasteiger partial charge in [0.25, 0.3) is 5.91 Å². The second-order valence-corrected chi connectivity index (χ2v) is 6.56. The van der Waals surface area contributed by atoms with Crippen molar-refractivity contribution in [2.75, 3.05) is 18.7 Å². The molecule has 3 aromatic rings. The minimum absolute atomic E-state index is 0.0866. The van der Waals surface area contributed by atoms with Crippen molar-refractivity contribution in [1.29, 1.82) is 0 Å². The number of hydrazone groups is 1. The van der Waals surface area contributed by atoms with Crippen LogP contribution >= 0.6 is 0 Å². The Labute approximate surface area is 174 Å². The molecule has 30 heavy (non-hydrogen) atoms. The van der Waals surface area contributed by atoms with Crippen LogP contribution in [0.15, 0.2) is 77.9 Å². The van der Waals surface area contributed by atoms with Crippen molar-refractivity contribution in [2.45, 2.75) is 6.61 Å². The summed E-state index contributed by atoms with van der Waals surface area (Å²) in [7, 11) is 0. The van der Waals surface area contributed by atoms with E-state index < -0.39 is 0 Å². The highest BCUT2D eigenvalue weighted by molar-refractivity contribution is 5.84. The Morgan fingerprint density at radius 2 is 1.80 bits per heavy atom. The van der Waals surface area contributed by atoms with Crippen molar-refractivity contribution in [2.24, 2.45) is 5.10 Å². The standard InChI is InChI=1S/C23H21N3O4/c27-23(14-24-19-8-11-21-22(12-19)30-16-29-21)26-25-13-17-6-9-20(10-7-17)28-15-18-4-2-1-3-5-18/h1-13,24H,14-16H2,(H,26,27). The molecule has 7 heteroatoms. The molecule has 0 aromatic heterocycles. The number of nitrogens with zero attached hydrogens (tertiary/aromatic N) is 1. The van der Waals surface area contributed by atoms with E-state index in [1.165, 1.54) is 0 Å². The lowest BCUT2D eigenvalue weighted by molar-refractivity contribution is -0.119. The Hall–Kier alpha value is -4.00. The van der Waals surface area contributed by atoms with Gasteiger partial charge in [-0.3, -0.25) is 4.79 Å². The Bertz CT molecular complexity index is 1020. The summed E-state index contributed by atoms with van der Waals surface area (Å²) in [5.74, 6) is 1.88. The van der Waals surface area contributed by atoms with Crippen molar-refractivity contribution < 1.29 is 19.0 Å². The number of carbonyl (C=O) groups excluding carboxylic acids is 1. The number of rotatable bonds is 8. The van der Waals surface area contributed by atoms with Gasteiger partial charge in [0, 0.05) is 11.8 Å². The molecule has 1 heterocycles. The number of benzene rings is 3. The fourth-order valence-electron chi connectivity index (χ4n) is 2.80. The van der Waals surface area contributed by atoms with Crippen LogP contribution in [0.25, 0.3) is 0 Å². The van der Waals surface area contributed by atoms with E-state index in [0.717, 1.165) is 22.6 Å². The number of hydrogen-bond donors (Lipinski definition) is 2. The summed E-state index contributed by atoms with van der Waals surface area (Å²) in [5.41, 5.74) is 5.23. The molecule has 0 bridgehead atoms. The Kier molecular flexibility index (Phi) is 6.10. The van der Waals surface area contributed by atoms with Gasteiger partial charge >= 0.3 is 0 Å². The highest BCUT2D eigenvalue weighted by Gasteiger charge is 2.13. The zero-order valence-electron chi connectivity index (χ0n) is 16.2. The molecule has 0 saturated heterocycles. The molecule has 0 aliphatic carbocycles. The van der Waals surface area contributed by atoms with E-state index in [1.807, 2.05) is 60.7 Å². The second-order valence-electron chi connectivity index (χ2n) is 6.56. The first-order valence-corrected chi connectivity index (χ1v) is 9.48. The fraction of sp³-hybridized carbons (Fsp3) is 0.130. The lowest BCUT2D eigenvalue weighted by Crippen LogP contribution is -2.25. The van der Waals surface area contributed by atoms with Crippen molar-refractivity contribution in [3.8, 4) is 17.2 Å². The molecular formula is C23H21N3O4. The molecule has 0 fully saturated rings. The van der Waals surface area contributed by atoms with Gasteiger partial charge in [0.05, 0.1) is 12.8 Å². The predicted molar refractivity (Wildman–Crippen MR) is 114 cm³/mol. The van der Waals surface area contributed by atoms with Gasteiger partial charge in [-0.15, -0.1) is 0 Å². The Balaban J connectivity index is 1.20. The summed E-state index contributed by atoms with van der Waals surface area (Å²) in [5, 5.41) is 7.00. The maximum Gasteiger partial charge on any atom is 0.259 e. The Morgan fingerprint density at radius 3 is 2.63 bits per heavy atom. The van der Waals surface area contributed by atoms with Gasteiger partial charge in [-0.25, -0.2) is 5.43 Å². The SMILES string of the molecule is O=C(CNc1ccc2c(c1)OCO2)NN=Cc1ccc(OCc2ccccc2)cc1. The van der Waals surface area contributed by atoms with Crippen molar-refractivity contribution >= 4 is 17.8 Å². The third-order valence-corrected chi connectivity index (χ3v) is 4.36. The molecule has 152 valence electrons. The van der Waals surface area contributed by atoms with E-state index in [-0.39, 0.29) is 19.2 Å². The molecule has 1 aliphatic heterocycles. The number of amides is 1. The zero-order valence-corrected chi connectivity index (χ0v) is 16.2. The van der Waals surface area contributed by atoms with Crippen LogP contribution in [-0.2, 0) is 11.4 Å². The monoisotopic (exact) mass is 403 g/mol. The van der Waals surface area contributed by atoms with E-state index in [1.54, 1.807) is 18.3 Å². The minimum Gasteiger partial charge on any atom is -0.489 e. The van der Waals surface area contributed by atoms with Crippen molar-refractivity contribution in [3.63, 3.8) is 0 Å². The molecule has 0 radical (unpaired) electrons. The normalized spacial score (nSPS) is 12.0. The van der Waals surface area contributed by atoms with Crippen LogP contribution in [0.5, 0.6) is 17.2 Å². The second kappa shape index (κ2) is 9.47. The average molecular weight is 403 g/mol. The fourth-order valence-corrected chi connectivity index (χ4v) is 2.80. The number of hydrogen-bond acceptors (Lipinski definition) is 6. The third kappa shape index (κ3) is 5.29. The quantitative estimate of drug-likeness (QED) is 0.444. The maximum atomic E-state index is 12.0. The van der Waals surface area contributed by atoms with Gasteiger partial charge in [-0.1, -0.05) is 30.3 Å². The first-order valence-electron chi connectivity index (χ1n) is 9.48. The van der Waals surface area contributed by atoms with Crippen LogP contribution in [0.1, 0.15) is 11.1 Å². The van der Waals surface area contributed by atoms with E-state index in [9.17, 15) is 4.79 Å². The third-order valence-electron chi connectivity index (χ3n) is 4.36. The number of ether oxygens (including phenoxy) is 3. The molecule has 2 N–H and O–H groups in total. The van der Waals surface area contributed by atoms with Crippen LogP contribution in [0.2, 0.25) is 0 Å². The summed E-state index contributed by atoms with van der Waals surface area (Å²) in [6.45, 7) is 0.818. The highest BCUT2D eigenvalue weighted by atomic mass is 16.7. The van der Waals surface area contributed by atoms with E-state index in [0.29, 0.717) is 18.1 Å². The molecule has 0 atom stereocenters. The molecule has 7 nitrogen and oxygen atoms in total. The van der Waals surface area contributed by atoms with Gasteiger partial charge in [-0.05, 0) is 47.5 Å². The lowest BCUT2D eigenvalue weighted by atomic mass is 10.2. The molecular weight excluding hydrogens is 382 g/mol. The van der Waals surface area contributed by atoms with Crippen LogP contribution in [0.3, 0.4) is 0 Å². The highest BCUT2D eigenvalue weighted by Crippen LogP contribution is 2.34. The van der Waals surface area contributed by atoms with Crippen LogP contribution < -0.4 is 25.0 Å². The number of nitrogens with one attached hydrogen (secondary N) is 2. The van der Waals surface area contributed by atoms with Crippen LogP contribution in [0.4, 0.5) is 5.69 Å².